The zero-order valence-electron chi connectivity index (χ0n) is 74.3. The van der Waals surface area contributed by atoms with Crippen LogP contribution >= 0.6 is 11.6 Å². The number of hydrogen-bond donors (Lipinski definition) is 11. The van der Waals surface area contributed by atoms with Crippen molar-refractivity contribution < 1.29 is 60.5 Å². The van der Waals surface area contributed by atoms with E-state index >= 15 is 8.78 Å². The second kappa shape index (κ2) is 42.5. The van der Waals surface area contributed by atoms with Crippen LogP contribution in [0.25, 0.3) is 89.3 Å². The molecule has 15 N–H and O–H groups in total. The van der Waals surface area contributed by atoms with Gasteiger partial charge in [-0.3, -0.25) is 28.5 Å². The first-order valence-electron chi connectivity index (χ1n) is 41.7. The van der Waals surface area contributed by atoms with Gasteiger partial charge in [-0.25, -0.2) is 55.3 Å². The van der Waals surface area contributed by atoms with E-state index in [1.165, 1.54) is 66.7 Å². The third kappa shape index (κ3) is 23.1. The Labute approximate surface area is 777 Å². The Balaban J connectivity index is 0.000000153. The second-order valence-electron chi connectivity index (χ2n) is 31.5. The molecule has 0 aliphatic carbocycles. The number of nitrogens with one attached hydrogen (secondary N) is 4. The predicted octanol–water partition coefficient (Wildman–Crippen LogP) is 14.1. The number of nitrogens with two attached hydrogens (primary N) is 4. The Hall–Kier alpha value is -16.0. The fourth-order valence-corrected chi connectivity index (χ4v) is 15.7. The highest BCUT2D eigenvalue weighted by Crippen LogP contribution is 2.38. The predicted molar refractivity (Wildman–Crippen MR) is 506 cm³/mol. The van der Waals surface area contributed by atoms with Crippen molar-refractivity contribution in [2.75, 3.05) is 49.0 Å². The average Bonchev–Trinajstić information content (AvgIpc) is 1.79. The van der Waals surface area contributed by atoms with Gasteiger partial charge in [0.1, 0.15) is 46.5 Å². The van der Waals surface area contributed by atoms with Crippen LogP contribution in [0.15, 0.2) is 255 Å². The number of sulfone groups is 1. The van der Waals surface area contributed by atoms with E-state index < -0.39 is 81.5 Å². The Morgan fingerprint density at radius 3 is 1.07 bits per heavy atom. The van der Waals surface area contributed by atoms with Crippen molar-refractivity contribution in [3.8, 4) is 89.3 Å². The van der Waals surface area contributed by atoms with Crippen LogP contribution in [0, 0.1) is 44.0 Å². The van der Waals surface area contributed by atoms with Gasteiger partial charge in [0.15, 0.2) is 9.84 Å². The molecule has 0 fully saturated rings. The zero-order valence-corrected chi connectivity index (χ0v) is 75.8. The molecule has 0 unspecified atom stereocenters. The maximum atomic E-state index is 15.1. The molecule has 37 heteroatoms. The molecule has 4 amide bonds. The van der Waals surface area contributed by atoms with Gasteiger partial charge >= 0.3 is 0 Å². The van der Waals surface area contributed by atoms with Gasteiger partial charge in [-0.15, -0.1) is 10.2 Å². The van der Waals surface area contributed by atoms with Gasteiger partial charge in [-0.05, 0) is 169 Å². The maximum Gasteiger partial charge on any atom is 0.254 e. The summed E-state index contributed by atoms with van der Waals surface area (Å²) in [6, 6.07) is 51.0. The zero-order chi connectivity index (χ0) is 96.8. The fourth-order valence-electron chi connectivity index (χ4n) is 14.8. The summed E-state index contributed by atoms with van der Waals surface area (Å²) in [6.45, 7) is 6.36. The molecule has 690 valence electrons. The Morgan fingerprint density at radius 1 is 0.393 bits per heavy atom. The van der Waals surface area contributed by atoms with E-state index in [0.717, 1.165) is 84.7 Å². The largest absolute Gasteiger partial charge is 0.394 e. The summed E-state index contributed by atoms with van der Waals surface area (Å²) >= 11 is 6.01. The summed E-state index contributed by atoms with van der Waals surface area (Å²) in [5.74, 6) is -4.47. The smallest absolute Gasteiger partial charge is 0.254 e. The van der Waals surface area contributed by atoms with Crippen LogP contribution in [-0.2, 0) is 38.0 Å². The van der Waals surface area contributed by atoms with Gasteiger partial charge in [0.05, 0.1) is 106 Å². The summed E-state index contributed by atoms with van der Waals surface area (Å²) < 4.78 is 90.3. The van der Waals surface area contributed by atoms with Gasteiger partial charge < -0.3 is 59.5 Å². The Kier molecular flexibility index (Phi) is 30.4. The van der Waals surface area contributed by atoms with E-state index in [2.05, 4.69) is 72.0 Å². The monoisotopic (exact) mass is 1860 g/mol. The molecule has 0 aliphatic heterocycles. The molecule has 8 heterocycles. The quantitative estimate of drug-likeness (QED) is 0.0250. The van der Waals surface area contributed by atoms with Gasteiger partial charge in [0.2, 0.25) is 0 Å². The van der Waals surface area contributed by atoms with Crippen molar-refractivity contribution in [2.24, 2.45) is 28.2 Å². The fraction of sp³-hybridized carbons (Fsp3) is 0.163. The molecule has 4 atom stereocenters. The number of carbonyl (C=O) groups excluding carboxylic acids is 4. The number of benzene rings is 8. The first-order chi connectivity index (χ1) is 64.5. The summed E-state index contributed by atoms with van der Waals surface area (Å²) in [5.41, 5.74) is 39.3. The number of aliphatic hydroxyl groups is 3. The number of carbonyl (C=O) groups is 4. The van der Waals surface area contributed by atoms with Crippen LogP contribution in [-0.4, -0.2) is 143 Å². The van der Waals surface area contributed by atoms with Gasteiger partial charge in [-0.2, -0.15) is 10.2 Å². The number of rotatable bonds is 24. The third-order valence-corrected chi connectivity index (χ3v) is 23.3. The summed E-state index contributed by atoms with van der Waals surface area (Å²) in [4.78, 5) is 67.9. The standard InChI is InChI=1S/C26H26FN5O4S.C26H26FN5O2.C23H20ClFN6O.C23H21FN6O2/c1-15-22(13-32(2)31-15)18-10-21(25(28)29-12-18)16-7-8-20(23(27)11-16)26(34)30-24(14-33)17-5-4-6-19(9-17)37(3,35)36;1-15-5-4-6-18(9-15)24(14-33)30-26(34)20-8-7-17(11-23(20)27)21-10-19(12-29-25(21)28)22-13-32(3)31-16(22)2;1-13(14-4-3-5-17(24)8-14)29-23(32)18-7-6-15(10-20(18)25)19-9-16(11-27-22(19)26)21-12-28-30-31(21)2;1-30-21(12-27-29-30)16-9-18(22(25)26-11-16)15-7-8-17(19(24)10-15)23(32)28-20(13-31)14-5-3-2-4-6-14/h4-13,24,33H,14H2,1-3H3,(H2,28,29)(H,30,34);4-13,24,33H,14H2,1-3H3,(H2,28,29)(H,30,34);3-13H,1-2H3,(H2,26,27)(H,29,32);2-12,20,31H,13H2,1H3,(H2,25,26)(H,28,32)/t2*24-;13-;20-/m1111/s1. The number of aromatic nitrogens is 14. The van der Waals surface area contributed by atoms with Crippen molar-refractivity contribution in [3.63, 3.8) is 0 Å². The number of halogens is 5. The van der Waals surface area contributed by atoms with E-state index in [1.807, 2.05) is 83.7 Å². The highest BCUT2D eigenvalue weighted by molar-refractivity contribution is 7.90. The van der Waals surface area contributed by atoms with Crippen LogP contribution < -0.4 is 44.2 Å². The molecule has 8 aromatic heterocycles. The number of nitrogens with zero attached hydrogens (tertiary/aromatic N) is 14. The number of aryl methyl sites for hydroxylation is 7. The number of nitrogen functional groups attached to an aromatic ring is 4. The molecule has 0 spiro atoms. The molecule has 0 saturated heterocycles. The first-order valence-corrected chi connectivity index (χ1v) is 44.0. The maximum absolute atomic E-state index is 15.1. The van der Waals surface area contributed by atoms with Crippen LogP contribution in [0.5, 0.6) is 0 Å². The summed E-state index contributed by atoms with van der Waals surface area (Å²) in [5, 5.41) is 64.7. The van der Waals surface area contributed by atoms with Crippen molar-refractivity contribution in [3.05, 3.63) is 340 Å². The topological polar surface area (TPSA) is 464 Å². The van der Waals surface area contributed by atoms with Crippen LogP contribution in [0.1, 0.15) is 112 Å². The number of hydrogen-bond acceptors (Lipinski definition) is 23. The summed E-state index contributed by atoms with van der Waals surface area (Å²) in [7, 11) is 3.67. The second-order valence-corrected chi connectivity index (χ2v) is 34.0. The van der Waals surface area contributed by atoms with Crippen molar-refractivity contribution >= 4 is 68.3 Å². The molecular formula is C98H93ClF4N22O9S. The molecule has 0 radical (unpaired) electrons. The molecule has 16 aromatic rings. The average molecular weight is 1870 g/mol. The lowest BCUT2D eigenvalue weighted by molar-refractivity contribution is 0.0904. The molecule has 16 rings (SSSR count). The molecule has 0 saturated carbocycles. The number of anilines is 4. The molecule has 0 aliphatic rings. The molecular weight excluding hydrogens is 1770 g/mol. The van der Waals surface area contributed by atoms with Gasteiger partial charge in [-0.1, -0.05) is 131 Å². The molecule has 31 nitrogen and oxygen atoms in total. The lowest BCUT2D eigenvalue weighted by atomic mass is 9.99. The summed E-state index contributed by atoms with van der Waals surface area (Å²) in [6.07, 6.45) is 14.5. The van der Waals surface area contributed by atoms with Crippen molar-refractivity contribution in [2.45, 2.75) is 56.8 Å². The van der Waals surface area contributed by atoms with Gasteiger partial charge in [0, 0.05) is 132 Å². The van der Waals surface area contributed by atoms with E-state index in [4.69, 9.17) is 34.5 Å². The van der Waals surface area contributed by atoms with Crippen LogP contribution in [0.3, 0.4) is 0 Å². The van der Waals surface area contributed by atoms with Gasteiger partial charge in [0.25, 0.3) is 23.6 Å². The van der Waals surface area contributed by atoms with E-state index in [-0.39, 0.29) is 69.7 Å². The number of amides is 4. The third-order valence-electron chi connectivity index (χ3n) is 21.9. The minimum atomic E-state index is -3.49. The van der Waals surface area contributed by atoms with E-state index in [1.54, 1.807) is 174 Å². The molecule has 135 heavy (non-hydrogen) atoms. The van der Waals surface area contributed by atoms with E-state index in [9.17, 15) is 51.7 Å². The molecule has 0 bridgehead atoms. The van der Waals surface area contributed by atoms with Crippen LogP contribution in [0.2, 0.25) is 5.02 Å². The lowest BCUT2D eigenvalue weighted by Gasteiger charge is -2.18. The van der Waals surface area contributed by atoms with Crippen molar-refractivity contribution in [1.82, 2.24) is 90.8 Å². The normalized spacial score (nSPS) is 12.0. The minimum absolute atomic E-state index is 0.0446. The first kappa shape index (κ1) is 96.5. The Morgan fingerprint density at radius 2 is 0.733 bits per heavy atom. The van der Waals surface area contributed by atoms with E-state index in [0.29, 0.717) is 55.1 Å². The number of aliphatic hydroxyl groups excluding tert-OH is 3. The highest BCUT2D eigenvalue weighted by atomic mass is 35.5. The Bertz CT molecular complexity index is 7220. The number of pyridine rings is 4. The highest BCUT2D eigenvalue weighted by Gasteiger charge is 2.27. The van der Waals surface area contributed by atoms with Crippen LogP contribution in [0.4, 0.5) is 40.8 Å². The molecule has 8 aromatic carbocycles. The SMILES string of the molecule is C[C@@H](NC(=O)c1ccc(-c2cc(-c3cnnn3C)cnc2N)cc1F)c1cccc(Cl)c1.Cc1cccc([C@@H](CO)NC(=O)c2ccc(-c3cc(-c4cn(C)nc4C)cnc3N)cc2F)c1.Cc1nn(C)cc1-c1cnc(N)c(-c2ccc(C(=O)N[C@H](CO)c3cccc(S(C)(=O)=O)c3)c(F)c2)c1.Cn1nncc1-c1cnc(N)c(-c2ccc(C(=O)N[C@H](CO)c3ccccc3)c(F)c2)c1. The minimum Gasteiger partial charge on any atom is -0.394 e. The van der Waals surface area contributed by atoms with Crippen molar-refractivity contribution in [1.29, 1.82) is 0 Å². The lowest BCUT2D eigenvalue weighted by Crippen LogP contribution is -2.31.